The Bertz CT molecular complexity index is 807. The molecule has 0 unspecified atom stereocenters. The Labute approximate surface area is 180 Å². The Morgan fingerprint density at radius 3 is 2.25 bits per heavy atom. The third kappa shape index (κ3) is 5.90. The van der Waals surface area contributed by atoms with Gasteiger partial charge in [-0.25, -0.2) is 0 Å². The van der Waals surface area contributed by atoms with Crippen LogP contribution >= 0.6 is 35.0 Å². The first-order chi connectivity index (χ1) is 13.4. The van der Waals surface area contributed by atoms with Gasteiger partial charge in [0.15, 0.2) is 0 Å². The quantitative estimate of drug-likeness (QED) is 0.593. The van der Waals surface area contributed by atoms with Gasteiger partial charge in [-0.3, -0.25) is 9.59 Å². The minimum atomic E-state index is -0.594. The van der Waals surface area contributed by atoms with Crippen LogP contribution in [0.2, 0.25) is 10.0 Å². The second kappa shape index (κ2) is 10.7. The van der Waals surface area contributed by atoms with E-state index in [1.54, 1.807) is 30.1 Å². The molecule has 1 atom stereocenters. The van der Waals surface area contributed by atoms with E-state index in [0.29, 0.717) is 22.0 Å². The van der Waals surface area contributed by atoms with Crippen molar-refractivity contribution in [3.63, 3.8) is 0 Å². The summed E-state index contributed by atoms with van der Waals surface area (Å²) in [6.45, 7) is 4.07. The molecule has 2 aromatic rings. The zero-order valence-electron chi connectivity index (χ0n) is 16.2. The Morgan fingerprint density at radius 2 is 1.71 bits per heavy atom. The zero-order chi connectivity index (χ0) is 20.7. The molecule has 2 amide bonds. The predicted molar refractivity (Wildman–Crippen MR) is 117 cm³/mol. The number of carbonyl (C=O) groups excluding carboxylic acids is 2. The third-order valence-corrected chi connectivity index (χ3v) is 6.11. The molecule has 0 aliphatic carbocycles. The number of benzene rings is 2. The van der Waals surface area contributed by atoms with Crippen molar-refractivity contribution in [1.29, 1.82) is 0 Å². The number of hydrogen-bond donors (Lipinski definition) is 1. The van der Waals surface area contributed by atoms with Crippen LogP contribution in [0.5, 0.6) is 0 Å². The second-order valence-electron chi connectivity index (χ2n) is 6.36. The minimum absolute atomic E-state index is 0.142. The fraction of sp³-hybridized carbons (Fsp3) is 0.333. The molecule has 0 aromatic heterocycles. The lowest BCUT2D eigenvalue weighted by molar-refractivity contribution is -0.139. The summed E-state index contributed by atoms with van der Waals surface area (Å²) in [7, 11) is 1.57. The number of halogens is 2. The maximum atomic E-state index is 13.1. The first kappa shape index (κ1) is 22.6. The number of hydrogen-bond acceptors (Lipinski definition) is 3. The van der Waals surface area contributed by atoms with Crippen molar-refractivity contribution < 1.29 is 9.59 Å². The van der Waals surface area contributed by atoms with Crippen LogP contribution in [0.25, 0.3) is 0 Å². The van der Waals surface area contributed by atoms with Gasteiger partial charge in [0.1, 0.15) is 6.04 Å². The fourth-order valence-electron chi connectivity index (χ4n) is 2.80. The van der Waals surface area contributed by atoms with Gasteiger partial charge in [-0.15, -0.1) is 11.8 Å². The van der Waals surface area contributed by atoms with Gasteiger partial charge >= 0.3 is 0 Å². The molecule has 0 bridgehead atoms. The van der Waals surface area contributed by atoms with E-state index in [9.17, 15) is 9.59 Å². The third-order valence-electron chi connectivity index (χ3n) is 4.41. The van der Waals surface area contributed by atoms with Gasteiger partial charge in [0.05, 0.1) is 5.75 Å². The van der Waals surface area contributed by atoms with Crippen LogP contribution in [0.3, 0.4) is 0 Å². The minimum Gasteiger partial charge on any atom is -0.357 e. The van der Waals surface area contributed by atoms with Crippen LogP contribution in [0.4, 0.5) is 0 Å². The second-order valence-corrected chi connectivity index (χ2v) is 8.23. The molecule has 150 valence electrons. The Balaban J connectivity index is 2.24. The lowest BCUT2D eigenvalue weighted by atomic mass is 10.1. The highest BCUT2D eigenvalue weighted by Gasteiger charge is 2.29. The van der Waals surface area contributed by atoms with Crippen LogP contribution in [0, 0.1) is 6.92 Å². The summed E-state index contributed by atoms with van der Waals surface area (Å²) in [5.41, 5.74) is 1.80. The lowest BCUT2D eigenvalue weighted by Crippen LogP contribution is -2.48. The van der Waals surface area contributed by atoms with E-state index in [4.69, 9.17) is 23.2 Å². The molecule has 0 spiro atoms. The molecule has 2 aromatic carbocycles. The van der Waals surface area contributed by atoms with Gasteiger partial charge in [-0.1, -0.05) is 53.9 Å². The van der Waals surface area contributed by atoms with Crippen LogP contribution in [0.1, 0.15) is 24.5 Å². The highest BCUT2D eigenvalue weighted by Crippen LogP contribution is 2.28. The van der Waals surface area contributed by atoms with Crippen LogP contribution in [0.15, 0.2) is 47.4 Å². The topological polar surface area (TPSA) is 49.4 Å². The van der Waals surface area contributed by atoms with Crippen molar-refractivity contribution >= 4 is 46.8 Å². The van der Waals surface area contributed by atoms with Crippen molar-refractivity contribution in [2.75, 3.05) is 12.8 Å². The summed E-state index contributed by atoms with van der Waals surface area (Å²) >= 11 is 14.0. The highest BCUT2D eigenvalue weighted by atomic mass is 35.5. The first-order valence-electron chi connectivity index (χ1n) is 9.00. The molecule has 7 heteroatoms. The molecule has 1 N–H and O–H groups in total. The van der Waals surface area contributed by atoms with Gasteiger partial charge in [0, 0.05) is 34.1 Å². The molecule has 2 rings (SSSR count). The van der Waals surface area contributed by atoms with E-state index in [-0.39, 0.29) is 24.1 Å². The van der Waals surface area contributed by atoms with E-state index in [0.717, 1.165) is 10.5 Å². The molecule has 0 saturated heterocycles. The Hall–Kier alpha value is -1.69. The average Bonchev–Trinajstić information content (AvgIpc) is 2.69. The van der Waals surface area contributed by atoms with Crippen LogP contribution in [-0.2, 0) is 16.1 Å². The molecule has 28 heavy (non-hydrogen) atoms. The fourth-order valence-corrected chi connectivity index (χ4v) is 4.10. The van der Waals surface area contributed by atoms with Crippen LogP contribution < -0.4 is 5.32 Å². The molecular weight excluding hydrogens is 415 g/mol. The molecule has 0 saturated carbocycles. The van der Waals surface area contributed by atoms with Gasteiger partial charge < -0.3 is 10.2 Å². The van der Waals surface area contributed by atoms with Crippen LogP contribution in [-0.4, -0.2) is 35.6 Å². The average molecular weight is 439 g/mol. The Kier molecular flexibility index (Phi) is 8.67. The van der Waals surface area contributed by atoms with Gasteiger partial charge in [-0.05, 0) is 37.6 Å². The van der Waals surface area contributed by atoms with Gasteiger partial charge in [0.2, 0.25) is 11.8 Å². The predicted octanol–water partition coefficient (Wildman–Crippen LogP) is 4.95. The Morgan fingerprint density at radius 1 is 1.11 bits per heavy atom. The number of nitrogens with zero attached hydrogens (tertiary/aromatic N) is 1. The van der Waals surface area contributed by atoms with E-state index >= 15 is 0 Å². The molecule has 0 radical (unpaired) electrons. The molecule has 0 aliphatic heterocycles. The number of nitrogens with one attached hydrogen (secondary N) is 1. The number of aryl methyl sites for hydroxylation is 1. The normalized spacial score (nSPS) is 11.8. The summed E-state index contributed by atoms with van der Waals surface area (Å²) in [4.78, 5) is 28.0. The smallest absolute Gasteiger partial charge is 0.242 e. The SMILES string of the molecule is CC[C@@H](C(=O)NC)N(Cc1c(Cl)cccc1Cl)C(=O)CSc1ccc(C)cc1. The molecular formula is C21H24Cl2N2O2S. The zero-order valence-corrected chi connectivity index (χ0v) is 18.5. The van der Waals surface area contributed by atoms with Gasteiger partial charge in [-0.2, -0.15) is 0 Å². The first-order valence-corrected chi connectivity index (χ1v) is 10.7. The highest BCUT2D eigenvalue weighted by molar-refractivity contribution is 8.00. The van der Waals surface area contributed by atoms with E-state index in [1.165, 1.54) is 11.8 Å². The molecule has 4 nitrogen and oxygen atoms in total. The summed E-state index contributed by atoms with van der Waals surface area (Å²) in [5.74, 6) is -0.130. The summed E-state index contributed by atoms with van der Waals surface area (Å²) < 4.78 is 0. The van der Waals surface area contributed by atoms with E-state index in [2.05, 4.69) is 5.32 Å². The van der Waals surface area contributed by atoms with Crippen molar-refractivity contribution in [1.82, 2.24) is 10.2 Å². The van der Waals surface area contributed by atoms with Crippen molar-refractivity contribution in [2.24, 2.45) is 0 Å². The van der Waals surface area contributed by atoms with Gasteiger partial charge in [0.25, 0.3) is 0 Å². The maximum absolute atomic E-state index is 13.1. The number of amides is 2. The standard InChI is InChI=1S/C21H24Cl2N2O2S/c1-4-19(21(27)24-3)25(12-16-17(22)6-5-7-18(16)23)20(26)13-28-15-10-8-14(2)9-11-15/h5-11,19H,4,12-13H2,1-3H3,(H,24,27)/t19-/m0/s1. The monoisotopic (exact) mass is 438 g/mol. The van der Waals surface area contributed by atoms with Crippen molar-refractivity contribution in [3.05, 3.63) is 63.6 Å². The summed E-state index contributed by atoms with van der Waals surface area (Å²) in [6, 6.07) is 12.6. The number of rotatable bonds is 8. The molecule has 0 aliphatic rings. The van der Waals surface area contributed by atoms with E-state index < -0.39 is 6.04 Å². The summed E-state index contributed by atoms with van der Waals surface area (Å²) in [6.07, 6.45) is 0.489. The number of carbonyl (C=O) groups is 2. The largest absolute Gasteiger partial charge is 0.357 e. The lowest BCUT2D eigenvalue weighted by Gasteiger charge is -2.30. The van der Waals surface area contributed by atoms with Crippen molar-refractivity contribution in [2.45, 2.75) is 37.8 Å². The van der Waals surface area contributed by atoms with E-state index in [1.807, 2.05) is 38.1 Å². The summed E-state index contributed by atoms with van der Waals surface area (Å²) in [5, 5.41) is 3.59. The molecule has 0 fully saturated rings. The maximum Gasteiger partial charge on any atom is 0.242 e. The molecule has 0 heterocycles. The number of thioether (sulfide) groups is 1. The number of likely N-dealkylation sites (N-methyl/N-ethyl adjacent to an activating group) is 1. The van der Waals surface area contributed by atoms with Crippen molar-refractivity contribution in [3.8, 4) is 0 Å².